The van der Waals surface area contributed by atoms with Gasteiger partial charge in [0.05, 0.1) is 32.2 Å². The summed E-state index contributed by atoms with van der Waals surface area (Å²) in [7, 11) is 2.71. The molecule has 0 aliphatic rings. The Balaban J connectivity index is 4.79. The van der Waals surface area contributed by atoms with Crippen LogP contribution in [0.5, 0.6) is 0 Å². The number of halogens is 1. The first-order chi connectivity index (χ1) is 10.1. The van der Waals surface area contributed by atoms with E-state index in [0.717, 1.165) is 0 Å². The molecule has 0 saturated heterocycles. The van der Waals surface area contributed by atoms with Crippen molar-refractivity contribution in [2.45, 2.75) is 51.5 Å². The van der Waals surface area contributed by atoms with Crippen LogP contribution >= 0.6 is 15.9 Å². The maximum Gasteiger partial charge on any atom is 0.309 e. The van der Waals surface area contributed by atoms with E-state index in [0.29, 0.717) is 12.8 Å². The zero-order valence-electron chi connectivity index (χ0n) is 14.3. The number of rotatable bonds is 9. The molecule has 0 aliphatic heterocycles. The number of aliphatic hydroxyl groups is 1. The van der Waals surface area contributed by atoms with Gasteiger partial charge in [-0.05, 0) is 24.7 Å². The fraction of sp³-hybridized carbons (Fsp3) is 0.875. The van der Waals surface area contributed by atoms with Gasteiger partial charge in [0.1, 0.15) is 0 Å². The molecule has 1 N–H and O–H groups in total. The van der Waals surface area contributed by atoms with Crippen LogP contribution < -0.4 is 0 Å². The molecular formula is C16H29BrO5. The van der Waals surface area contributed by atoms with E-state index in [-0.39, 0.29) is 40.4 Å². The van der Waals surface area contributed by atoms with E-state index < -0.39 is 6.10 Å². The summed E-state index contributed by atoms with van der Waals surface area (Å²) < 4.78 is 9.60. The molecule has 5 nitrogen and oxygen atoms in total. The molecular weight excluding hydrogens is 352 g/mol. The molecule has 0 rings (SSSR count). The monoisotopic (exact) mass is 380 g/mol. The third kappa shape index (κ3) is 6.65. The van der Waals surface area contributed by atoms with Crippen LogP contribution in [-0.4, -0.2) is 42.2 Å². The average Bonchev–Trinajstić information content (AvgIpc) is 2.47. The lowest BCUT2D eigenvalue weighted by Gasteiger charge is -2.27. The van der Waals surface area contributed by atoms with Crippen molar-refractivity contribution in [2.24, 2.45) is 23.7 Å². The molecule has 0 saturated carbocycles. The number of esters is 2. The average molecular weight is 381 g/mol. The van der Waals surface area contributed by atoms with Crippen LogP contribution in [0.3, 0.4) is 0 Å². The van der Waals surface area contributed by atoms with Gasteiger partial charge >= 0.3 is 11.9 Å². The molecule has 4 atom stereocenters. The van der Waals surface area contributed by atoms with Crippen molar-refractivity contribution in [3.05, 3.63) is 0 Å². The number of hydrogen-bond donors (Lipinski definition) is 1. The minimum absolute atomic E-state index is 0.0725. The van der Waals surface area contributed by atoms with Crippen molar-refractivity contribution in [3.63, 3.8) is 0 Å². The smallest absolute Gasteiger partial charge is 0.309 e. The second kappa shape index (κ2) is 10.2. The van der Waals surface area contributed by atoms with E-state index in [1.54, 1.807) is 0 Å². The predicted octanol–water partition coefficient (Wildman–Crippen LogP) is 2.78. The SMILES string of the molecule is COC(=O)C(CC(O)[C@H](Br)C[C@H](C(=O)OC)C(C)C)C(C)C. The highest BCUT2D eigenvalue weighted by atomic mass is 79.9. The zero-order chi connectivity index (χ0) is 17.4. The first-order valence-corrected chi connectivity index (χ1v) is 8.54. The van der Waals surface area contributed by atoms with Crippen LogP contribution in [0.2, 0.25) is 0 Å². The summed E-state index contributed by atoms with van der Waals surface area (Å²) in [6.45, 7) is 7.73. The number of carbonyl (C=O) groups excluding carboxylic acids is 2. The van der Waals surface area contributed by atoms with Gasteiger partial charge in [-0.1, -0.05) is 43.6 Å². The lowest BCUT2D eigenvalue weighted by Crippen LogP contribution is -2.34. The fourth-order valence-electron chi connectivity index (χ4n) is 2.39. The second-order valence-corrected chi connectivity index (χ2v) is 7.48. The van der Waals surface area contributed by atoms with Gasteiger partial charge in [0.15, 0.2) is 0 Å². The van der Waals surface area contributed by atoms with Gasteiger partial charge in [0.2, 0.25) is 0 Å². The number of alkyl halides is 1. The van der Waals surface area contributed by atoms with Crippen molar-refractivity contribution in [2.75, 3.05) is 14.2 Å². The molecule has 0 bridgehead atoms. The second-order valence-electron chi connectivity index (χ2n) is 6.30. The number of hydrogen-bond acceptors (Lipinski definition) is 5. The summed E-state index contributed by atoms with van der Waals surface area (Å²) in [5.74, 6) is -1.07. The maximum absolute atomic E-state index is 11.8. The van der Waals surface area contributed by atoms with Gasteiger partial charge in [-0.25, -0.2) is 0 Å². The van der Waals surface area contributed by atoms with Gasteiger partial charge in [0, 0.05) is 4.83 Å². The zero-order valence-corrected chi connectivity index (χ0v) is 15.9. The highest BCUT2D eigenvalue weighted by molar-refractivity contribution is 9.09. The van der Waals surface area contributed by atoms with Crippen LogP contribution in [0.1, 0.15) is 40.5 Å². The fourth-order valence-corrected chi connectivity index (χ4v) is 3.01. The van der Waals surface area contributed by atoms with Crippen LogP contribution in [0.25, 0.3) is 0 Å². The van der Waals surface area contributed by atoms with E-state index in [1.807, 2.05) is 27.7 Å². The van der Waals surface area contributed by atoms with Crippen LogP contribution in [0, 0.1) is 23.7 Å². The normalized spacial score (nSPS) is 17.0. The van der Waals surface area contributed by atoms with E-state index in [4.69, 9.17) is 9.47 Å². The van der Waals surface area contributed by atoms with E-state index in [1.165, 1.54) is 14.2 Å². The minimum Gasteiger partial charge on any atom is -0.469 e. The Bertz CT molecular complexity index is 322. The number of methoxy groups -OCH3 is 2. The van der Waals surface area contributed by atoms with Crippen LogP contribution in [0.4, 0.5) is 0 Å². The summed E-state index contributed by atoms with van der Waals surface area (Å²) >= 11 is 3.45. The maximum atomic E-state index is 11.8. The molecule has 0 heterocycles. The standard InChI is InChI=1S/C16H29BrO5/c1-9(2)11(15(19)21-5)7-13(17)14(18)8-12(10(3)4)16(20)22-6/h9-14,18H,7-8H2,1-6H3/t11-,12?,13+,14?/m0/s1. The van der Waals surface area contributed by atoms with Crippen LogP contribution in [-0.2, 0) is 19.1 Å². The van der Waals surface area contributed by atoms with E-state index >= 15 is 0 Å². The van der Waals surface area contributed by atoms with Crippen molar-refractivity contribution in [1.82, 2.24) is 0 Å². The summed E-state index contributed by atoms with van der Waals surface area (Å²) in [4.78, 5) is 23.3. The summed E-state index contributed by atoms with van der Waals surface area (Å²) in [5, 5.41) is 10.4. The highest BCUT2D eigenvalue weighted by Crippen LogP contribution is 2.28. The molecule has 2 unspecified atom stereocenters. The lowest BCUT2D eigenvalue weighted by molar-refractivity contribution is -0.149. The van der Waals surface area contributed by atoms with Gasteiger partial charge in [-0.15, -0.1) is 0 Å². The highest BCUT2D eigenvalue weighted by Gasteiger charge is 2.32. The Kier molecular flexibility index (Phi) is 9.92. The van der Waals surface area contributed by atoms with Gasteiger partial charge in [0.25, 0.3) is 0 Å². The minimum atomic E-state index is -0.739. The van der Waals surface area contributed by atoms with Crippen molar-refractivity contribution in [1.29, 1.82) is 0 Å². The third-order valence-corrected chi connectivity index (χ3v) is 4.99. The molecule has 0 amide bonds. The third-order valence-electron chi connectivity index (χ3n) is 4.01. The van der Waals surface area contributed by atoms with Gasteiger partial charge in [-0.2, -0.15) is 0 Å². The quantitative estimate of drug-likeness (QED) is 0.491. The molecule has 0 aliphatic carbocycles. The molecule has 130 valence electrons. The first kappa shape index (κ1) is 21.4. The van der Waals surface area contributed by atoms with Gasteiger partial charge in [-0.3, -0.25) is 9.59 Å². The summed E-state index contributed by atoms with van der Waals surface area (Å²) in [6.07, 6.45) is 0.0152. The Morgan fingerprint density at radius 2 is 1.27 bits per heavy atom. The van der Waals surface area contributed by atoms with Crippen molar-refractivity contribution >= 4 is 27.9 Å². The Hall–Kier alpha value is -0.620. The number of aliphatic hydroxyl groups excluding tert-OH is 1. The lowest BCUT2D eigenvalue weighted by atomic mass is 9.85. The Labute approximate surface area is 141 Å². The van der Waals surface area contributed by atoms with E-state index in [9.17, 15) is 14.7 Å². The molecule has 0 spiro atoms. The molecule has 0 aromatic carbocycles. The van der Waals surface area contributed by atoms with Gasteiger partial charge < -0.3 is 14.6 Å². The largest absolute Gasteiger partial charge is 0.469 e. The van der Waals surface area contributed by atoms with Crippen molar-refractivity contribution < 1.29 is 24.2 Å². The molecule has 0 aromatic rings. The molecule has 6 heteroatoms. The Morgan fingerprint density at radius 3 is 1.59 bits per heavy atom. The molecule has 0 aromatic heterocycles. The summed E-state index contributed by atoms with van der Waals surface area (Å²) in [6, 6.07) is 0. The molecule has 0 radical (unpaired) electrons. The predicted molar refractivity (Wildman–Crippen MR) is 88.6 cm³/mol. The Morgan fingerprint density at radius 1 is 0.909 bits per heavy atom. The topological polar surface area (TPSA) is 72.8 Å². The number of ether oxygens (including phenoxy) is 2. The van der Waals surface area contributed by atoms with Crippen LogP contribution in [0.15, 0.2) is 0 Å². The molecule has 22 heavy (non-hydrogen) atoms. The molecule has 0 fully saturated rings. The van der Waals surface area contributed by atoms with E-state index in [2.05, 4.69) is 15.9 Å². The summed E-state index contributed by atoms with van der Waals surface area (Å²) in [5.41, 5.74) is 0. The first-order valence-electron chi connectivity index (χ1n) is 7.63. The van der Waals surface area contributed by atoms with Crippen molar-refractivity contribution in [3.8, 4) is 0 Å². The number of carbonyl (C=O) groups is 2.